The molecule has 11 nitrogen and oxygen atoms in total. The highest BCUT2D eigenvalue weighted by atomic mass is 35.5. The Balaban J connectivity index is 1.26. The average Bonchev–Trinajstić information content (AvgIpc) is 3.48. The first-order chi connectivity index (χ1) is 16.1. The SMILES string of the molecule is O=C(Cn1cnnn1)N1CCC[C@@H](CNc2nc(-c3c[nH]c4ncc(Cl)cc34)ncc2F)C1. The first-order valence-corrected chi connectivity index (χ1v) is 10.8. The quantitative estimate of drug-likeness (QED) is 0.438. The van der Waals surface area contributed by atoms with E-state index >= 15 is 0 Å². The third kappa shape index (κ3) is 4.60. The van der Waals surface area contributed by atoms with Gasteiger partial charge in [0.25, 0.3) is 0 Å². The third-order valence-electron chi connectivity index (χ3n) is 5.60. The first kappa shape index (κ1) is 21.2. The van der Waals surface area contributed by atoms with E-state index in [1.165, 1.54) is 11.0 Å². The summed E-state index contributed by atoms with van der Waals surface area (Å²) < 4.78 is 15.8. The Bertz CT molecular complexity index is 1280. The second-order valence-corrected chi connectivity index (χ2v) is 8.31. The van der Waals surface area contributed by atoms with Gasteiger partial charge in [0.05, 0.1) is 11.2 Å². The van der Waals surface area contributed by atoms with Crippen LogP contribution in [0.3, 0.4) is 0 Å². The van der Waals surface area contributed by atoms with Crippen molar-refractivity contribution in [1.29, 1.82) is 0 Å². The van der Waals surface area contributed by atoms with E-state index in [-0.39, 0.29) is 24.2 Å². The zero-order valence-electron chi connectivity index (χ0n) is 17.4. The van der Waals surface area contributed by atoms with Gasteiger partial charge >= 0.3 is 0 Å². The Kier molecular flexibility index (Phi) is 5.82. The highest BCUT2D eigenvalue weighted by molar-refractivity contribution is 6.31. The number of likely N-dealkylation sites (tertiary alicyclic amines) is 1. The van der Waals surface area contributed by atoms with Crippen molar-refractivity contribution >= 4 is 34.4 Å². The van der Waals surface area contributed by atoms with Gasteiger partial charge in [-0.2, -0.15) is 0 Å². The number of nitrogens with zero attached hydrogens (tertiary/aromatic N) is 8. The Hall–Kier alpha value is -3.67. The van der Waals surface area contributed by atoms with Crippen molar-refractivity contribution in [1.82, 2.24) is 45.0 Å². The third-order valence-corrected chi connectivity index (χ3v) is 5.81. The van der Waals surface area contributed by atoms with Crippen LogP contribution in [0, 0.1) is 11.7 Å². The fourth-order valence-electron chi connectivity index (χ4n) is 3.97. The molecule has 170 valence electrons. The van der Waals surface area contributed by atoms with Crippen molar-refractivity contribution in [3.8, 4) is 11.4 Å². The normalized spacial score (nSPS) is 16.3. The number of H-pyrrole nitrogens is 1. The molecule has 33 heavy (non-hydrogen) atoms. The molecule has 4 aromatic rings. The van der Waals surface area contributed by atoms with Crippen LogP contribution in [0.15, 0.2) is 31.0 Å². The van der Waals surface area contributed by atoms with E-state index in [0.29, 0.717) is 41.7 Å². The van der Waals surface area contributed by atoms with Gasteiger partial charge in [-0.1, -0.05) is 11.6 Å². The predicted molar refractivity (Wildman–Crippen MR) is 118 cm³/mol. The zero-order valence-corrected chi connectivity index (χ0v) is 18.2. The molecule has 5 heterocycles. The van der Waals surface area contributed by atoms with E-state index in [1.807, 2.05) is 0 Å². The predicted octanol–water partition coefficient (Wildman–Crippen LogP) is 2.15. The Morgan fingerprint density at radius 3 is 3.09 bits per heavy atom. The minimum absolute atomic E-state index is 0.0471. The summed E-state index contributed by atoms with van der Waals surface area (Å²) >= 11 is 6.07. The lowest BCUT2D eigenvalue weighted by Crippen LogP contribution is -2.43. The molecule has 0 bridgehead atoms. The number of hydrogen-bond donors (Lipinski definition) is 2. The van der Waals surface area contributed by atoms with Crippen LogP contribution >= 0.6 is 11.6 Å². The van der Waals surface area contributed by atoms with Gasteiger partial charge in [0.2, 0.25) is 5.91 Å². The van der Waals surface area contributed by atoms with Gasteiger partial charge in [-0.15, -0.1) is 5.10 Å². The van der Waals surface area contributed by atoms with Crippen LogP contribution in [-0.4, -0.2) is 70.6 Å². The molecular formula is C20H20ClFN10O. The monoisotopic (exact) mass is 470 g/mol. The Morgan fingerprint density at radius 2 is 2.24 bits per heavy atom. The number of rotatable bonds is 6. The molecule has 0 radical (unpaired) electrons. The second-order valence-electron chi connectivity index (χ2n) is 7.88. The smallest absolute Gasteiger partial charge is 0.244 e. The summed E-state index contributed by atoms with van der Waals surface area (Å²) in [5.74, 6) is 0.0364. The maximum atomic E-state index is 14.4. The molecular weight excluding hydrogens is 451 g/mol. The molecule has 1 amide bonds. The summed E-state index contributed by atoms with van der Waals surface area (Å²) in [4.78, 5) is 30.1. The lowest BCUT2D eigenvalue weighted by molar-refractivity contribution is -0.133. The number of tetrazole rings is 1. The number of hydrogen-bond acceptors (Lipinski definition) is 8. The molecule has 1 fully saturated rings. The number of halogens is 2. The van der Waals surface area contributed by atoms with E-state index in [4.69, 9.17) is 11.6 Å². The molecule has 1 aliphatic rings. The second kappa shape index (κ2) is 9.06. The van der Waals surface area contributed by atoms with Crippen molar-refractivity contribution in [3.63, 3.8) is 0 Å². The van der Waals surface area contributed by atoms with E-state index in [2.05, 4.69) is 40.8 Å². The van der Waals surface area contributed by atoms with Gasteiger partial charge in [-0.05, 0) is 35.3 Å². The molecule has 0 spiro atoms. The van der Waals surface area contributed by atoms with Gasteiger partial charge in [0.1, 0.15) is 18.5 Å². The Labute approximate surface area is 192 Å². The van der Waals surface area contributed by atoms with Crippen molar-refractivity contribution in [2.75, 3.05) is 25.0 Å². The van der Waals surface area contributed by atoms with Crippen LogP contribution in [0.1, 0.15) is 12.8 Å². The first-order valence-electron chi connectivity index (χ1n) is 10.4. The minimum atomic E-state index is -0.544. The molecule has 13 heteroatoms. The highest BCUT2D eigenvalue weighted by Crippen LogP contribution is 2.28. The number of piperidine rings is 1. The molecule has 0 aliphatic carbocycles. The number of pyridine rings is 1. The molecule has 0 aromatic carbocycles. The van der Waals surface area contributed by atoms with Gasteiger partial charge in [0.15, 0.2) is 17.5 Å². The lowest BCUT2D eigenvalue weighted by atomic mass is 9.98. The van der Waals surface area contributed by atoms with Gasteiger partial charge < -0.3 is 15.2 Å². The number of amides is 1. The van der Waals surface area contributed by atoms with Gasteiger partial charge in [-0.25, -0.2) is 24.0 Å². The lowest BCUT2D eigenvalue weighted by Gasteiger charge is -2.33. The summed E-state index contributed by atoms with van der Waals surface area (Å²) in [6.07, 6.45) is 7.62. The highest BCUT2D eigenvalue weighted by Gasteiger charge is 2.24. The summed E-state index contributed by atoms with van der Waals surface area (Å²) in [5, 5.41) is 15.2. The molecule has 5 rings (SSSR count). The Morgan fingerprint density at radius 1 is 1.33 bits per heavy atom. The maximum Gasteiger partial charge on any atom is 0.244 e. The molecule has 1 saturated heterocycles. The summed E-state index contributed by atoms with van der Waals surface area (Å²) in [7, 11) is 0. The van der Waals surface area contributed by atoms with E-state index < -0.39 is 5.82 Å². The fourth-order valence-corrected chi connectivity index (χ4v) is 4.13. The van der Waals surface area contributed by atoms with Crippen molar-refractivity contribution in [2.24, 2.45) is 5.92 Å². The van der Waals surface area contributed by atoms with Crippen LogP contribution < -0.4 is 5.32 Å². The fraction of sp³-hybridized carbons (Fsp3) is 0.350. The van der Waals surface area contributed by atoms with E-state index in [1.54, 1.807) is 23.4 Å². The number of anilines is 1. The van der Waals surface area contributed by atoms with Gasteiger partial charge in [-0.3, -0.25) is 4.79 Å². The molecule has 1 aliphatic heterocycles. The van der Waals surface area contributed by atoms with Gasteiger partial charge in [0, 0.05) is 43.0 Å². The summed E-state index contributed by atoms with van der Waals surface area (Å²) in [5.41, 5.74) is 1.32. The average molecular weight is 471 g/mol. The topological polar surface area (TPSA) is 130 Å². The number of aromatic nitrogens is 8. The van der Waals surface area contributed by atoms with Crippen LogP contribution in [0.25, 0.3) is 22.4 Å². The number of aromatic amines is 1. The number of carbonyl (C=O) groups is 1. The molecule has 4 aromatic heterocycles. The van der Waals surface area contributed by atoms with Crippen LogP contribution in [0.5, 0.6) is 0 Å². The summed E-state index contributed by atoms with van der Waals surface area (Å²) in [6, 6.07) is 1.76. The van der Waals surface area contributed by atoms with Crippen LogP contribution in [0.2, 0.25) is 5.02 Å². The van der Waals surface area contributed by atoms with Crippen molar-refractivity contribution in [2.45, 2.75) is 19.4 Å². The summed E-state index contributed by atoms with van der Waals surface area (Å²) in [6.45, 7) is 1.82. The minimum Gasteiger partial charge on any atom is -0.367 e. The maximum absolute atomic E-state index is 14.4. The number of nitrogens with one attached hydrogen (secondary N) is 2. The molecule has 0 saturated carbocycles. The van der Waals surface area contributed by atoms with E-state index in [9.17, 15) is 9.18 Å². The van der Waals surface area contributed by atoms with Crippen molar-refractivity contribution < 1.29 is 9.18 Å². The standard InChI is InChI=1S/C20H20ClFN10O/c21-13-4-14-15(7-25-18(14)24-6-13)19-26-8-16(22)20(28-19)23-5-12-2-1-3-31(9-12)17(33)10-32-11-27-29-30-32/h4,6-8,11-12H,1-3,5,9-10H2,(H,24,25)(H,23,26,28)/t12-/m0/s1. The molecule has 0 unspecified atom stereocenters. The van der Waals surface area contributed by atoms with Crippen molar-refractivity contribution in [3.05, 3.63) is 41.8 Å². The number of carbonyl (C=O) groups excluding carboxylic acids is 1. The molecule has 2 N–H and O–H groups in total. The van der Waals surface area contributed by atoms with E-state index in [0.717, 1.165) is 24.4 Å². The molecule has 1 atom stereocenters. The van der Waals surface area contributed by atoms with Crippen LogP contribution in [0.4, 0.5) is 10.2 Å². The largest absolute Gasteiger partial charge is 0.367 e. The zero-order chi connectivity index (χ0) is 22.8. The van der Waals surface area contributed by atoms with Crippen LogP contribution in [-0.2, 0) is 11.3 Å². The number of fused-ring (bicyclic) bond motifs is 1.